The van der Waals surface area contributed by atoms with E-state index < -0.39 is 0 Å². The molecule has 0 saturated heterocycles. The van der Waals surface area contributed by atoms with Gasteiger partial charge in [0.1, 0.15) is 11.6 Å². The fraction of sp³-hybridized carbons (Fsp3) is 0.333. The van der Waals surface area contributed by atoms with Gasteiger partial charge < -0.3 is 20.4 Å². The van der Waals surface area contributed by atoms with Crippen LogP contribution in [0.4, 0.5) is 5.82 Å². The highest BCUT2D eigenvalue weighted by Crippen LogP contribution is 2.31. The molecule has 7 heteroatoms. The highest BCUT2D eigenvalue weighted by atomic mass is 16.5. The van der Waals surface area contributed by atoms with Gasteiger partial charge in [0.25, 0.3) is 0 Å². The van der Waals surface area contributed by atoms with Crippen molar-refractivity contribution in [3.8, 4) is 11.3 Å². The SMILES string of the molecule is COC[C@@H](CC1=CCCC=C1)N(C)Cc1ccc2[nH]c(-c3cc(N)nc4nc(C)[nH]c34)cc2c1. The largest absolute Gasteiger partial charge is 0.384 e. The molecular formula is C27H32N6O. The number of nitrogens with two attached hydrogens (primary N) is 1. The molecule has 0 aliphatic heterocycles. The van der Waals surface area contributed by atoms with Gasteiger partial charge in [0, 0.05) is 41.9 Å². The lowest BCUT2D eigenvalue weighted by atomic mass is 9.99. The topological polar surface area (TPSA) is 95.8 Å². The molecule has 1 atom stereocenters. The lowest BCUT2D eigenvalue weighted by molar-refractivity contribution is 0.102. The van der Waals surface area contributed by atoms with Crippen molar-refractivity contribution in [2.75, 3.05) is 26.5 Å². The average Bonchev–Trinajstić information content (AvgIpc) is 3.41. The number of nitrogens with zero attached hydrogens (tertiary/aromatic N) is 3. The number of nitrogen functional groups attached to an aromatic ring is 1. The maximum atomic E-state index is 6.06. The molecule has 1 aliphatic rings. The first-order valence-electron chi connectivity index (χ1n) is 11.8. The summed E-state index contributed by atoms with van der Waals surface area (Å²) in [7, 11) is 3.96. The predicted molar refractivity (Wildman–Crippen MR) is 139 cm³/mol. The van der Waals surface area contributed by atoms with Crippen LogP contribution in [0, 0.1) is 6.92 Å². The number of pyridine rings is 1. The summed E-state index contributed by atoms with van der Waals surface area (Å²) < 4.78 is 5.55. The van der Waals surface area contributed by atoms with E-state index in [9.17, 15) is 0 Å². The number of hydrogen-bond donors (Lipinski definition) is 3. The van der Waals surface area contributed by atoms with Crippen LogP contribution < -0.4 is 5.73 Å². The minimum absolute atomic E-state index is 0.327. The number of imidazole rings is 1. The van der Waals surface area contributed by atoms with E-state index in [1.165, 1.54) is 16.5 Å². The lowest BCUT2D eigenvalue weighted by Crippen LogP contribution is -2.35. The van der Waals surface area contributed by atoms with Gasteiger partial charge in [-0.15, -0.1) is 0 Å². The smallest absolute Gasteiger partial charge is 0.180 e. The van der Waals surface area contributed by atoms with Gasteiger partial charge in [0.05, 0.1) is 12.1 Å². The molecule has 3 heterocycles. The average molecular weight is 457 g/mol. The number of aryl methyl sites for hydroxylation is 1. The van der Waals surface area contributed by atoms with Gasteiger partial charge in [-0.25, -0.2) is 9.97 Å². The number of ether oxygens (including phenoxy) is 1. The van der Waals surface area contributed by atoms with Crippen molar-refractivity contribution in [3.63, 3.8) is 0 Å². The second-order valence-corrected chi connectivity index (χ2v) is 9.21. The molecule has 0 amide bonds. The zero-order chi connectivity index (χ0) is 23.7. The van der Waals surface area contributed by atoms with E-state index in [1.54, 1.807) is 7.11 Å². The number of likely N-dealkylation sites (N-methyl/N-ethyl adjacent to an activating group) is 1. The molecule has 0 unspecified atom stereocenters. The Balaban J connectivity index is 1.39. The van der Waals surface area contributed by atoms with E-state index in [2.05, 4.69) is 74.4 Å². The molecule has 4 aromatic rings. The predicted octanol–water partition coefficient (Wildman–Crippen LogP) is 5.11. The third-order valence-electron chi connectivity index (χ3n) is 6.53. The normalized spacial score (nSPS) is 14.9. The van der Waals surface area contributed by atoms with Gasteiger partial charge >= 0.3 is 0 Å². The van der Waals surface area contributed by atoms with E-state index in [0.717, 1.165) is 53.9 Å². The van der Waals surface area contributed by atoms with Crippen LogP contribution in [0.15, 0.2) is 54.1 Å². The number of fused-ring (bicyclic) bond motifs is 2. The Morgan fingerprint density at radius 2 is 2.03 bits per heavy atom. The molecule has 34 heavy (non-hydrogen) atoms. The number of hydrogen-bond acceptors (Lipinski definition) is 5. The minimum atomic E-state index is 0.327. The van der Waals surface area contributed by atoms with E-state index in [4.69, 9.17) is 10.5 Å². The van der Waals surface area contributed by atoms with Crippen molar-refractivity contribution in [2.45, 2.75) is 38.8 Å². The zero-order valence-electron chi connectivity index (χ0n) is 20.1. The van der Waals surface area contributed by atoms with Crippen LogP contribution in [0.1, 0.15) is 30.7 Å². The molecule has 7 nitrogen and oxygen atoms in total. The van der Waals surface area contributed by atoms with Crippen molar-refractivity contribution in [2.24, 2.45) is 0 Å². The van der Waals surface area contributed by atoms with Gasteiger partial charge in [-0.2, -0.15) is 0 Å². The van der Waals surface area contributed by atoms with Crippen molar-refractivity contribution in [1.82, 2.24) is 24.8 Å². The first-order chi connectivity index (χ1) is 16.5. The molecule has 3 aromatic heterocycles. The van der Waals surface area contributed by atoms with Crippen LogP contribution in [0.25, 0.3) is 33.3 Å². The van der Waals surface area contributed by atoms with Gasteiger partial charge in [0.15, 0.2) is 5.65 Å². The summed E-state index contributed by atoms with van der Waals surface area (Å²) >= 11 is 0. The van der Waals surface area contributed by atoms with Gasteiger partial charge in [-0.05, 0) is 63.1 Å². The van der Waals surface area contributed by atoms with E-state index in [1.807, 2.05) is 13.0 Å². The number of rotatable bonds is 8. The summed E-state index contributed by atoms with van der Waals surface area (Å²) in [5.41, 5.74) is 13.3. The Hall–Kier alpha value is -3.42. The maximum absolute atomic E-state index is 6.06. The molecule has 1 aromatic carbocycles. The zero-order valence-corrected chi connectivity index (χ0v) is 20.1. The van der Waals surface area contributed by atoms with E-state index in [-0.39, 0.29) is 0 Å². The number of benzene rings is 1. The first kappa shape index (κ1) is 22.4. The number of methoxy groups -OCH3 is 1. The Labute approximate surface area is 199 Å². The fourth-order valence-corrected chi connectivity index (χ4v) is 4.80. The number of aromatic nitrogens is 4. The molecule has 0 radical (unpaired) electrons. The monoisotopic (exact) mass is 456 g/mol. The number of aromatic amines is 2. The summed E-state index contributed by atoms with van der Waals surface area (Å²) in [6.45, 7) is 3.49. The Morgan fingerprint density at radius 3 is 2.82 bits per heavy atom. The number of nitrogens with one attached hydrogen (secondary N) is 2. The van der Waals surface area contributed by atoms with Crippen LogP contribution in [-0.2, 0) is 11.3 Å². The van der Waals surface area contributed by atoms with Crippen LogP contribution in [-0.4, -0.2) is 51.6 Å². The Kier molecular flexibility index (Phi) is 6.22. The highest BCUT2D eigenvalue weighted by molar-refractivity contribution is 5.95. The van der Waals surface area contributed by atoms with Gasteiger partial charge in [-0.1, -0.05) is 29.9 Å². The summed E-state index contributed by atoms with van der Waals surface area (Å²) in [6.07, 6.45) is 10.2. The van der Waals surface area contributed by atoms with Crippen molar-refractivity contribution in [1.29, 1.82) is 0 Å². The molecule has 0 fully saturated rings. The van der Waals surface area contributed by atoms with Crippen LogP contribution in [0.3, 0.4) is 0 Å². The third kappa shape index (κ3) is 4.62. The molecule has 0 saturated carbocycles. The second-order valence-electron chi connectivity index (χ2n) is 9.21. The second kappa shape index (κ2) is 9.44. The van der Waals surface area contributed by atoms with Crippen molar-refractivity contribution < 1.29 is 4.74 Å². The lowest BCUT2D eigenvalue weighted by Gasteiger charge is -2.28. The van der Waals surface area contributed by atoms with Crippen molar-refractivity contribution in [3.05, 3.63) is 65.5 Å². The summed E-state index contributed by atoms with van der Waals surface area (Å²) in [5, 5.41) is 1.17. The van der Waals surface area contributed by atoms with E-state index in [0.29, 0.717) is 24.1 Å². The summed E-state index contributed by atoms with van der Waals surface area (Å²) in [6, 6.07) is 11.0. The molecule has 0 bridgehead atoms. The molecular weight excluding hydrogens is 424 g/mol. The maximum Gasteiger partial charge on any atom is 0.180 e. The first-order valence-corrected chi connectivity index (χ1v) is 11.8. The number of allylic oxidation sites excluding steroid dienone is 3. The quantitative estimate of drug-likeness (QED) is 0.342. The highest BCUT2D eigenvalue weighted by Gasteiger charge is 2.18. The Morgan fingerprint density at radius 1 is 1.15 bits per heavy atom. The fourth-order valence-electron chi connectivity index (χ4n) is 4.80. The third-order valence-corrected chi connectivity index (χ3v) is 6.53. The molecule has 5 rings (SSSR count). The van der Waals surface area contributed by atoms with Crippen LogP contribution in [0.5, 0.6) is 0 Å². The minimum Gasteiger partial charge on any atom is -0.384 e. The standard InChI is InChI=1S/C27H32N6O/c1-17-29-26-22(14-25(28)32-27(26)30-17)24-13-20-11-19(9-10-23(20)31-24)15-33(2)21(16-34-3)12-18-7-5-4-6-8-18/h5,7-11,13-14,21,31H,4,6,12,15-16H2,1-3H3,(H3,28,29,30,32)/t21-/m1/s1. The number of anilines is 1. The Bertz CT molecular complexity index is 1380. The number of H-pyrrole nitrogens is 2. The molecule has 0 spiro atoms. The van der Waals surface area contributed by atoms with Crippen molar-refractivity contribution >= 4 is 27.9 Å². The molecule has 1 aliphatic carbocycles. The van der Waals surface area contributed by atoms with Crippen LogP contribution in [0.2, 0.25) is 0 Å². The molecule has 4 N–H and O–H groups in total. The van der Waals surface area contributed by atoms with Gasteiger partial charge in [-0.3, -0.25) is 4.90 Å². The summed E-state index contributed by atoms with van der Waals surface area (Å²) in [5.74, 6) is 1.28. The molecule has 176 valence electrons. The van der Waals surface area contributed by atoms with E-state index >= 15 is 0 Å². The van der Waals surface area contributed by atoms with Crippen LogP contribution >= 0.6 is 0 Å². The summed E-state index contributed by atoms with van der Waals surface area (Å²) in [4.78, 5) is 18.0. The van der Waals surface area contributed by atoms with Gasteiger partial charge in [0.2, 0.25) is 0 Å².